The van der Waals surface area contributed by atoms with E-state index in [1.54, 1.807) is 30.7 Å². The Bertz CT molecular complexity index is 1460. The third-order valence-electron chi connectivity index (χ3n) is 5.05. The van der Waals surface area contributed by atoms with Crippen molar-refractivity contribution in [3.8, 4) is 0 Å². The summed E-state index contributed by atoms with van der Waals surface area (Å²) in [5.74, 6) is 0.376. The van der Waals surface area contributed by atoms with Crippen LogP contribution in [0.5, 0.6) is 0 Å². The third-order valence-corrected chi connectivity index (χ3v) is 7.44. The highest BCUT2D eigenvalue weighted by Gasteiger charge is 2.33. The number of aryl methyl sites for hydroxylation is 1. The van der Waals surface area contributed by atoms with Crippen LogP contribution in [0.1, 0.15) is 16.9 Å². The number of hydrogen-bond acceptors (Lipinski definition) is 7. The Hall–Kier alpha value is -3.14. The van der Waals surface area contributed by atoms with Crippen LogP contribution in [0.4, 0.5) is 0 Å². The quantitative estimate of drug-likeness (QED) is 0.217. The van der Waals surface area contributed by atoms with Crippen molar-refractivity contribution in [1.29, 1.82) is 0 Å². The number of carbonyl (C=O) groups is 1. The van der Waals surface area contributed by atoms with Crippen LogP contribution in [0.15, 0.2) is 91.1 Å². The number of carbonyl (C=O) groups excluding carboxylic acids is 1. The lowest BCUT2D eigenvalue weighted by Gasteiger charge is -2.12. The van der Waals surface area contributed by atoms with Crippen molar-refractivity contribution in [2.75, 3.05) is 0 Å². The van der Waals surface area contributed by atoms with Crippen molar-refractivity contribution >= 4 is 57.7 Å². The number of rotatable bonds is 5. The Labute approximate surface area is 203 Å². The molecule has 0 radical (unpaired) electrons. The van der Waals surface area contributed by atoms with Gasteiger partial charge in [-0.05, 0) is 48.9 Å². The summed E-state index contributed by atoms with van der Waals surface area (Å²) >= 11 is 7.99. The van der Waals surface area contributed by atoms with Gasteiger partial charge in [-0.15, -0.1) is 0 Å². The molecule has 0 aliphatic carbocycles. The second-order valence-electron chi connectivity index (χ2n) is 7.28. The fraction of sp³-hybridized carbons (Fsp3) is 0.0833. The van der Waals surface area contributed by atoms with Crippen molar-refractivity contribution in [2.24, 2.45) is 0 Å². The van der Waals surface area contributed by atoms with Crippen LogP contribution in [-0.4, -0.2) is 24.5 Å². The molecular weight excluding hydrogens is 474 g/mol. The van der Waals surface area contributed by atoms with Crippen molar-refractivity contribution in [3.05, 3.63) is 99.2 Å². The fourth-order valence-electron chi connectivity index (χ4n) is 3.42. The van der Waals surface area contributed by atoms with Gasteiger partial charge in [0, 0.05) is 11.1 Å². The van der Waals surface area contributed by atoms with Crippen LogP contribution in [0.25, 0.3) is 11.7 Å². The average molecular weight is 492 g/mol. The molecule has 1 aromatic carbocycles. The highest BCUT2D eigenvalue weighted by molar-refractivity contribution is 8.26. The molecule has 164 valence electrons. The normalized spacial score (nSPS) is 15.2. The summed E-state index contributed by atoms with van der Waals surface area (Å²) in [7, 11) is 0. The molecule has 33 heavy (non-hydrogen) atoms. The van der Waals surface area contributed by atoms with Gasteiger partial charge in [0.15, 0.2) is 0 Å². The summed E-state index contributed by atoms with van der Waals surface area (Å²) in [6, 6.07) is 17.0. The Morgan fingerprint density at radius 3 is 2.70 bits per heavy atom. The van der Waals surface area contributed by atoms with Gasteiger partial charge in [-0.3, -0.25) is 18.9 Å². The van der Waals surface area contributed by atoms with E-state index in [1.807, 2.05) is 49.4 Å². The van der Waals surface area contributed by atoms with Gasteiger partial charge in [0.25, 0.3) is 11.5 Å². The number of pyridine rings is 1. The van der Waals surface area contributed by atoms with Gasteiger partial charge in [-0.2, -0.15) is 0 Å². The predicted molar refractivity (Wildman–Crippen MR) is 134 cm³/mol. The molecule has 1 saturated heterocycles. The summed E-state index contributed by atoms with van der Waals surface area (Å²) in [5, 5.41) is 0.539. The molecule has 4 heterocycles. The highest BCUT2D eigenvalue weighted by Crippen LogP contribution is 2.35. The van der Waals surface area contributed by atoms with E-state index in [4.69, 9.17) is 21.6 Å². The number of thiocarbonyl (C=S) groups is 1. The number of furan rings is 1. The minimum absolute atomic E-state index is 0.238. The van der Waals surface area contributed by atoms with Crippen molar-refractivity contribution in [1.82, 2.24) is 14.3 Å². The molecule has 9 heteroatoms. The van der Waals surface area contributed by atoms with Crippen LogP contribution >= 0.6 is 35.7 Å². The van der Waals surface area contributed by atoms with E-state index < -0.39 is 0 Å². The van der Waals surface area contributed by atoms with Crippen LogP contribution < -0.4 is 5.56 Å². The van der Waals surface area contributed by atoms with E-state index in [0.717, 1.165) is 10.5 Å². The first kappa shape index (κ1) is 21.7. The first-order valence-electron chi connectivity index (χ1n) is 10.0. The molecular formula is C24H17N3O3S3. The fourth-order valence-corrected chi connectivity index (χ4v) is 5.56. The second kappa shape index (κ2) is 9.01. The Kier molecular flexibility index (Phi) is 5.92. The Morgan fingerprint density at radius 2 is 1.94 bits per heavy atom. The smallest absolute Gasteiger partial charge is 0.266 e. The number of aromatic nitrogens is 2. The maximum atomic E-state index is 13.5. The molecule has 0 saturated carbocycles. The number of benzene rings is 1. The molecule has 1 fully saturated rings. The predicted octanol–water partition coefficient (Wildman–Crippen LogP) is 5.15. The van der Waals surface area contributed by atoms with Gasteiger partial charge < -0.3 is 4.42 Å². The molecule has 0 atom stereocenters. The van der Waals surface area contributed by atoms with Gasteiger partial charge in [0.1, 0.15) is 20.8 Å². The average Bonchev–Trinajstić information content (AvgIpc) is 3.42. The molecule has 1 amide bonds. The molecule has 0 bridgehead atoms. The first-order chi connectivity index (χ1) is 16.0. The molecule has 0 unspecified atom stereocenters. The van der Waals surface area contributed by atoms with Gasteiger partial charge in [-0.1, -0.05) is 60.0 Å². The van der Waals surface area contributed by atoms with Gasteiger partial charge >= 0.3 is 0 Å². The van der Waals surface area contributed by atoms with E-state index in [-0.39, 0.29) is 18.0 Å². The standard InChI is InChI=1S/C24H17N3O3S3/c1-15-7-5-11-26-20(15)25-21(32-17-9-3-2-4-10-17)18(22(26)28)13-19-23(29)27(24(31)33-19)14-16-8-6-12-30-16/h2-13H,14H2,1H3. The summed E-state index contributed by atoms with van der Waals surface area (Å²) in [4.78, 5) is 34.2. The first-order valence-corrected chi connectivity index (χ1v) is 12.1. The second-order valence-corrected chi connectivity index (χ2v) is 10.0. The molecule has 6 nitrogen and oxygen atoms in total. The molecule has 5 rings (SSSR count). The summed E-state index contributed by atoms with van der Waals surface area (Å²) < 4.78 is 7.30. The lowest BCUT2D eigenvalue weighted by molar-refractivity contribution is -0.122. The van der Waals surface area contributed by atoms with E-state index in [9.17, 15) is 9.59 Å². The van der Waals surface area contributed by atoms with E-state index >= 15 is 0 Å². The van der Waals surface area contributed by atoms with E-state index in [1.165, 1.54) is 32.8 Å². The van der Waals surface area contributed by atoms with Crippen molar-refractivity contribution in [2.45, 2.75) is 23.4 Å². The molecule has 0 N–H and O–H groups in total. The third kappa shape index (κ3) is 4.27. The number of thioether (sulfide) groups is 1. The lowest BCUT2D eigenvalue weighted by atomic mass is 10.2. The summed E-state index contributed by atoms with van der Waals surface area (Å²) in [6.45, 7) is 2.16. The van der Waals surface area contributed by atoms with Gasteiger partial charge in [-0.25, -0.2) is 4.98 Å². The summed E-state index contributed by atoms with van der Waals surface area (Å²) in [6.07, 6.45) is 4.85. The maximum Gasteiger partial charge on any atom is 0.266 e. The number of amides is 1. The minimum atomic E-state index is -0.259. The molecule has 1 aliphatic heterocycles. The largest absolute Gasteiger partial charge is 0.467 e. The molecule has 3 aromatic heterocycles. The topological polar surface area (TPSA) is 67.8 Å². The zero-order chi connectivity index (χ0) is 22.9. The van der Waals surface area contributed by atoms with Crippen LogP contribution in [-0.2, 0) is 11.3 Å². The van der Waals surface area contributed by atoms with Crippen LogP contribution in [0.2, 0.25) is 0 Å². The van der Waals surface area contributed by atoms with Crippen LogP contribution in [0, 0.1) is 6.92 Å². The highest BCUT2D eigenvalue weighted by atomic mass is 32.2. The maximum absolute atomic E-state index is 13.5. The molecule has 1 aliphatic rings. The zero-order valence-electron chi connectivity index (χ0n) is 17.4. The summed E-state index contributed by atoms with van der Waals surface area (Å²) in [5.41, 5.74) is 1.59. The molecule has 0 spiro atoms. The van der Waals surface area contributed by atoms with Crippen molar-refractivity contribution < 1.29 is 9.21 Å². The Morgan fingerprint density at radius 1 is 1.12 bits per heavy atom. The Balaban J connectivity index is 1.61. The van der Waals surface area contributed by atoms with Gasteiger partial charge in [0.05, 0.1) is 23.3 Å². The lowest BCUT2D eigenvalue weighted by Crippen LogP contribution is -2.27. The van der Waals surface area contributed by atoms with E-state index in [2.05, 4.69) is 0 Å². The van der Waals surface area contributed by atoms with Crippen LogP contribution in [0.3, 0.4) is 0 Å². The molecule has 4 aromatic rings. The van der Waals surface area contributed by atoms with E-state index in [0.29, 0.717) is 31.2 Å². The number of hydrogen-bond donors (Lipinski definition) is 0. The monoisotopic (exact) mass is 491 g/mol. The zero-order valence-corrected chi connectivity index (χ0v) is 19.9. The minimum Gasteiger partial charge on any atom is -0.467 e. The SMILES string of the molecule is Cc1cccn2c(=O)c(C=C3SC(=S)N(Cc4ccco4)C3=O)c(Sc3ccccc3)nc12. The number of nitrogens with zero attached hydrogens (tertiary/aromatic N) is 3. The van der Waals surface area contributed by atoms with Gasteiger partial charge in [0.2, 0.25) is 0 Å². The number of fused-ring (bicyclic) bond motifs is 1. The van der Waals surface area contributed by atoms with Crippen molar-refractivity contribution in [3.63, 3.8) is 0 Å².